The molecule has 0 spiro atoms. The van der Waals surface area contributed by atoms with E-state index in [1.165, 1.54) is 12.3 Å². The Morgan fingerprint density at radius 1 is 1.35 bits per heavy atom. The Morgan fingerprint density at radius 2 is 2.04 bits per heavy atom. The Kier molecular flexibility index (Phi) is 6.54. The van der Waals surface area contributed by atoms with Crippen LogP contribution in [0.5, 0.6) is 11.5 Å². The predicted molar refractivity (Wildman–Crippen MR) is 98.6 cm³/mol. The fourth-order valence-electron chi connectivity index (χ4n) is 2.63. The molecule has 0 radical (unpaired) electrons. The van der Waals surface area contributed by atoms with Gasteiger partial charge < -0.3 is 14.7 Å². The Labute approximate surface area is 156 Å². The van der Waals surface area contributed by atoms with Crippen molar-refractivity contribution in [2.75, 3.05) is 27.7 Å². The number of likely N-dealkylation sites (N-methyl/N-ethyl adjacent to an activating group) is 1. The fraction of sp³-hybridized carbons (Fsp3) is 0.278. The molecule has 0 fully saturated rings. The van der Waals surface area contributed by atoms with Crippen molar-refractivity contribution in [3.05, 3.63) is 62.7 Å². The highest BCUT2D eigenvalue weighted by Gasteiger charge is 2.21. The summed E-state index contributed by atoms with van der Waals surface area (Å²) in [4.78, 5) is 15.7. The molecule has 0 saturated heterocycles. The number of halogens is 1. The van der Waals surface area contributed by atoms with Gasteiger partial charge in [0.25, 0.3) is 5.69 Å². The number of nitrogens with zero attached hydrogens (tertiary/aromatic N) is 2. The quantitative estimate of drug-likeness (QED) is 0.451. The maximum Gasteiger partial charge on any atom is 0.263 e. The maximum atomic E-state index is 12.1. The van der Waals surface area contributed by atoms with Crippen LogP contribution in [0.4, 0.5) is 5.69 Å². The van der Waals surface area contributed by atoms with Crippen molar-refractivity contribution in [3.8, 4) is 11.5 Å². The molecule has 2 rings (SSSR count). The molecule has 138 valence electrons. The van der Waals surface area contributed by atoms with Crippen molar-refractivity contribution >= 4 is 23.5 Å². The predicted octanol–water partition coefficient (Wildman–Crippen LogP) is 1.64. The highest BCUT2D eigenvalue weighted by molar-refractivity contribution is 6.31. The van der Waals surface area contributed by atoms with Crippen LogP contribution in [0.1, 0.15) is 17.2 Å². The van der Waals surface area contributed by atoms with Gasteiger partial charge in [0.05, 0.1) is 38.2 Å². The average molecular weight is 378 g/mol. The van der Waals surface area contributed by atoms with E-state index < -0.39 is 16.4 Å². The number of hydrogen-bond acceptors (Lipinski definition) is 5. The molecule has 0 bridgehead atoms. The van der Waals surface area contributed by atoms with Crippen LogP contribution in [-0.2, 0) is 0 Å². The highest BCUT2D eigenvalue weighted by Crippen LogP contribution is 2.30. The van der Waals surface area contributed by atoms with Gasteiger partial charge in [-0.05, 0) is 29.5 Å². The van der Waals surface area contributed by atoms with Crippen molar-refractivity contribution in [2.24, 2.45) is 4.99 Å². The molecular formula is C18H20ClN3O4. The Morgan fingerprint density at radius 3 is 2.65 bits per heavy atom. The summed E-state index contributed by atoms with van der Waals surface area (Å²) in [5.41, 5.74) is 0.529. The number of rotatable bonds is 7. The molecule has 2 aromatic rings. The maximum absolute atomic E-state index is 12.1. The van der Waals surface area contributed by atoms with Crippen LogP contribution < -0.4 is 14.7 Å². The van der Waals surface area contributed by atoms with E-state index in [9.17, 15) is 15.2 Å². The van der Waals surface area contributed by atoms with Crippen molar-refractivity contribution < 1.29 is 19.7 Å². The lowest BCUT2D eigenvalue weighted by atomic mass is 10.0. The monoisotopic (exact) mass is 377 g/mol. The van der Waals surface area contributed by atoms with Gasteiger partial charge in [-0.2, -0.15) is 0 Å². The molecule has 0 amide bonds. The molecule has 1 N–H and O–H groups in total. The number of aliphatic imine (C=N–C) groups is 1. The SMILES string of the molecule is COc1ccccc1[C@H](CN=Cc1cc(Cl)cc([N+](=O)[O-])c1[O-])[NH+](C)C. The normalized spacial score (nSPS) is 12.5. The number of hydrogen-bond donors (Lipinski definition) is 1. The lowest BCUT2D eigenvalue weighted by Crippen LogP contribution is -3.06. The van der Waals surface area contributed by atoms with Gasteiger partial charge in [0.2, 0.25) is 0 Å². The van der Waals surface area contributed by atoms with Gasteiger partial charge in [-0.3, -0.25) is 15.1 Å². The molecule has 0 unspecified atom stereocenters. The van der Waals surface area contributed by atoms with Crippen molar-refractivity contribution in [2.45, 2.75) is 6.04 Å². The molecule has 0 aromatic heterocycles. The minimum absolute atomic E-state index is 0.00771. The number of quaternary nitrogens is 1. The minimum atomic E-state index is -0.743. The van der Waals surface area contributed by atoms with Crippen LogP contribution >= 0.6 is 11.6 Å². The molecule has 2 aromatic carbocycles. The topological polar surface area (TPSA) is 92.2 Å². The van der Waals surface area contributed by atoms with Gasteiger partial charge in [0.15, 0.2) is 0 Å². The first-order valence-corrected chi connectivity index (χ1v) is 8.30. The van der Waals surface area contributed by atoms with Gasteiger partial charge in [0.1, 0.15) is 11.8 Å². The molecule has 8 heteroatoms. The van der Waals surface area contributed by atoms with E-state index in [0.29, 0.717) is 6.54 Å². The number of nitro groups is 1. The molecule has 26 heavy (non-hydrogen) atoms. The first-order valence-electron chi connectivity index (χ1n) is 7.92. The molecule has 7 nitrogen and oxygen atoms in total. The summed E-state index contributed by atoms with van der Waals surface area (Å²) in [7, 11) is 5.60. The zero-order valence-corrected chi connectivity index (χ0v) is 15.5. The van der Waals surface area contributed by atoms with Crippen LogP contribution in [-0.4, -0.2) is 38.9 Å². The summed E-state index contributed by atoms with van der Waals surface area (Å²) in [5, 5.41) is 23.2. The van der Waals surface area contributed by atoms with Gasteiger partial charge in [-0.25, -0.2) is 0 Å². The lowest BCUT2D eigenvalue weighted by Gasteiger charge is -2.22. The van der Waals surface area contributed by atoms with Crippen molar-refractivity contribution in [1.82, 2.24) is 0 Å². The van der Waals surface area contributed by atoms with E-state index in [1.54, 1.807) is 7.11 Å². The van der Waals surface area contributed by atoms with E-state index in [0.717, 1.165) is 22.3 Å². The molecule has 0 aliphatic rings. The fourth-order valence-corrected chi connectivity index (χ4v) is 2.85. The number of benzene rings is 2. The second-order valence-corrected chi connectivity index (χ2v) is 6.40. The van der Waals surface area contributed by atoms with Crippen molar-refractivity contribution in [3.63, 3.8) is 0 Å². The summed E-state index contributed by atoms with van der Waals surface area (Å²) >= 11 is 5.87. The second kappa shape index (κ2) is 8.64. The summed E-state index contributed by atoms with van der Waals surface area (Å²) in [6.07, 6.45) is 1.34. The highest BCUT2D eigenvalue weighted by atomic mass is 35.5. The zero-order valence-electron chi connectivity index (χ0n) is 14.7. The largest absolute Gasteiger partial charge is 0.867 e. The smallest absolute Gasteiger partial charge is 0.263 e. The molecule has 1 atom stereocenters. The van der Waals surface area contributed by atoms with Crippen LogP contribution in [0.25, 0.3) is 0 Å². The third-order valence-corrected chi connectivity index (χ3v) is 4.21. The molecule has 0 heterocycles. The van der Waals surface area contributed by atoms with E-state index in [-0.39, 0.29) is 16.6 Å². The first-order chi connectivity index (χ1) is 12.3. The van der Waals surface area contributed by atoms with Gasteiger partial charge >= 0.3 is 0 Å². The van der Waals surface area contributed by atoms with E-state index in [1.807, 2.05) is 38.4 Å². The Balaban J connectivity index is 2.29. The van der Waals surface area contributed by atoms with Gasteiger partial charge in [-0.1, -0.05) is 23.7 Å². The molecular weight excluding hydrogens is 358 g/mol. The summed E-state index contributed by atoms with van der Waals surface area (Å²) in [6.45, 7) is 0.377. The van der Waals surface area contributed by atoms with Crippen molar-refractivity contribution in [1.29, 1.82) is 0 Å². The molecule has 0 saturated carbocycles. The van der Waals surface area contributed by atoms with Crippen LogP contribution in [0.15, 0.2) is 41.4 Å². The Hall–Kier alpha value is -2.64. The minimum Gasteiger partial charge on any atom is -0.867 e. The number of para-hydroxylation sites is 1. The average Bonchev–Trinajstić information content (AvgIpc) is 2.60. The summed E-state index contributed by atoms with van der Waals surface area (Å²) in [6, 6.07) is 10.1. The third-order valence-electron chi connectivity index (χ3n) is 3.99. The number of methoxy groups -OCH3 is 1. The van der Waals surface area contributed by atoms with E-state index in [2.05, 4.69) is 4.99 Å². The summed E-state index contributed by atoms with van der Waals surface area (Å²) in [5.74, 6) is 0.0611. The molecule has 0 aliphatic heterocycles. The first kappa shape index (κ1) is 19.7. The van der Waals surface area contributed by atoms with Crippen LogP contribution in [0, 0.1) is 10.1 Å². The lowest BCUT2D eigenvalue weighted by molar-refractivity contribution is -0.890. The van der Waals surface area contributed by atoms with E-state index in [4.69, 9.17) is 16.3 Å². The summed E-state index contributed by atoms with van der Waals surface area (Å²) < 4.78 is 5.41. The van der Waals surface area contributed by atoms with E-state index >= 15 is 0 Å². The second-order valence-electron chi connectivity index (χ2n) is 5.97. The number of nitro benzene ring substituents is 1. The number of nitrogens with one attached hydrogen (secondary N) is 1. The van der Waals surface area contributed by atoms with Gasteiger partial charge in [0, 0.05) is 17.3 Å². The number of ether oxygens (including phenoxy) is 1. The zero-order chi connectivity index (χ0) is 19.3. The standard InChI is InChI=1S/C18H20ClN3O4/c1-21(2)16(14-6-4-5-7-17(14)26-3)11-20-10-12-8-13(19)9-15(18(12)23)22(24)25/h4-10,16,23H,11H2,1-3H3/t16-/m0/s1. The molecule has 0 aliphatic carbocycles. The van der Waals surface area contributed by atoms with Gasteiger partial charge in [-0.15, -0.1) is 0 Å². The van der Waals surface area contributed by atoms with Crippen LogP contribution in [0.3, 0.4) is 0 Å². The third kappa shape index (κ3) is 4.50. The Bertz CT molecular complexity index is 824. The van der Waals surface area contributed by atoms with Crippen LogP contribution in [0.2, 0.25) is 5.02 Å².